The van der Waals surface area contributed by atoms with E-state index in [4.69, 9.17) is 9.47 Å². The molecule has 0 aliphatic carbocycles. The minimum absolute atomic E-state index is 0.567. The zero-order valence-corrected chi connectivity index (χ0v) is 14.6. The van der Waals surface area contributed by atoms with Gasteiger partial charge in [0.1, 0.15) is 5.69 Å². The molecule has 1 aromatic heterocycles. The van der Waals surface area contributed by atoms with Gasteiger partial charge >= 0.3 is 6.18 Å². The summed E-state index contributed by atoms with van der Waals surface area (Å²) in [6.45, 7) is 0.684. The number of ether oxygens (including phenoxy) is 2. The molecule has 1 aliphatic heterocycles. The van der Waals surface area contributed by atoms with Crippen molar-refractivity contribution in [2.45, 2.75) is 25.4 Å². The Morgan fingerprint density at radius 1 is 1.04 bits per heavy atom. The quantitative estimate of drug-likeness (QED) is 0.802. The van der Waals surface area contributed by atoms with Crippen molar-refractivity contribution in [2.75, 3.05) is 20.8 Å². The van der Waals surface area contributed by atoms with E-state index in [-0.39, 0.29) is 0 Å². The maximum absolute atomic E-state index is 12.6. The molecule has 26 heavy (non-hydrogen) atoms. The van der Waals surface area contributed by atoms with Gasteiger partial charge in [0.2, 0.25) is 0 Å². The van der Waals surface area contributed by atoms with Crippen molar-refractivity contribution in [3.05, 3.63) is 52.8 Å². The number of hydrogen-bond donors (Lipinski definition) is 0. The van der Waals surface area contributed by atoms with Crippen LogP contribution in [0.5, 0.6) is 11.5 Å². The van der Waals surface area contributed by atoms with Crippen molar-refractivity contribution in [1.29, 1.82) is 0 Å². The number of pyridine rings is 1. The lowest BCUT2D eigenvalue weighted by Crippen LogP contribution is -2.14. The molecule has 2 heterocycles. The molecule has 0 unspecified atom stereocenters. The van der Waals surface area contributed by atoms with Gasteiger partial charge in [-0.3, -0.25) is 9.98 Å². The summed E-state index contributed by atoms with van der Waals surface area (Å²) in [7, 11) is 3.18. The molecule has 0 atom stereocenters. The minimum atomic E-state index is -4.42. The molecule has 7 heteroatoms. The SMILES string of the molecule is COc1cc2c(cc1OC)C(CCc1ccc(C(F)(F)F)nc1)=NCC2. The van der Waals surface area contributed by atoms with Crippen molar-refractivity contribution >= 4 is 5.71 Å². The Labute approximate surface area is 149 Å². The van der Waals surface area contributed by atoms with E-state index < -0.39 is 11.9 Å². The van der Waals surface area contributed by atoms with Crippen LogP contribution in [0.15, 0.2) is 35.5 Å². The summed E-state index contributed by atoms with van der Waals surface area (Å²) in [4.78, 5) is 8.10. The van der Waals surface area contributed by atoms with Crippen LogP contribution in [0.4, 0.5) is 13.2 Å². The van der Waals surface area contributed by atoms with Gasteiger partial charge < -0.3 is 9.47 Å². The highest BCUT2D eigenvalue weighted by Gasteiger charge is 2.32. The smallest absolute Gasteiger partial charge is 0.433 e. The number of methoxy groups -OCH3 is 2. The second kappa shape index (κ2) is 7.35. The number of aromatic nitrogens is 1. The lowest BCUT2D eigenvalue weighted by molar-refractivity contribution is -0.141. The number of hydrogen-bond acceptors (Lipinski definition) is 4. The normalized spacial score (nSPS) is 13.8. The molecule has 3 rings (SSSR count). The maximum Gasteiger partial charge on any atom is 0.433 e. The third-order valence-electron chi connectivity index (χ3n) is 4.37. The molecule has 1 aliphatic rings. The average molecular weight is 364 g/mol. The third kappa shape index (κ3) is 3.81. The highest BCUT2D eigenvalue weighted by atomic mass is 19.4. The van der Waals surface area contributed by atoms with E-state index in [2.05, 4.69) is 9.98 Å². The summed E-state index contributed by atoms with van der Waals surface area (Å²) in [6, 6.07) is 6.36. The molecule has 4 nitrogen and oxygen atoms in total. The first-order valence-corrected chi connectivity index (χ1v) is 8.23. The Kier molecular flexibility index (Phi) is 5.15. The fraction of sp³-hybridized carbons (Fsp3) is 0.368. The summed E-state index contributed by atoms with van der Waals surface area (Å²) < 4.78 is 48.5. The Balaban J connectivity index is 1.77. The summed E-state index contributed by atoms with van der Waals surface area (Å²) in [5, 5.41) is 0. The first-order valence-electron chi connectivity index (χ1n) is 8.23. The van der Waals surface area contributed by atoms with Crippen LogP contribution in [0.2, 0.25) is 0 Å². The van der Waals surface area contributed by atoms with E-state index in [0.717, 1.165) is 34.9 Å². The molecule has 0 N–H and O–H groups in total. The molecular weight excluding hydrogens is 345 g/mol. The fourth-order valence-corrected chi connectivity index (χ4v) is 3.01. The molecule has 0 amide bonds. The van der Waals surface area contributed by atoms with Crippen molar-refractivity contribution in [3.8, 4) is 11.5 Å². The average Bonchev–Trinajstić information content (AvgIpc) is 2.64. The van der Waals surface area contributed by atoms with Crippen LogP contribution in [0.25, 0.3) is 0 Å². The van der Waals surface area contributed by atoms with Crippen LogP contribution in [-0.4, -0.2) is 31.5 Å². The Bertz CT molecular complexity index is 815. The highest BCUT2D eigenvalue weighted by molar-refractivity contribution is 6.03. The lowest BCUT2D eigenvalue weighted by Gasteiger charge is -2.20. The van der Waals surface area contributed by atoms with Gasteiger partial charge in [0.25, 0.3) is 0 Å². The first kappa shape index (κ1) is 18.2. The van der Waals surface area contributed by atoms with Gasteiger partial charge in [-0.25, -0.2) is 0 Å². The van der Waals surface area contributed by atoms with Crippen molar-refractivity contribution in [1.82, 2.24) is 4.98 Å². The second-order valence-corrected chi connectivity index (χ2v) is 5.99. The van der Waals surface area contributed by atoms with Gasteiger partial charge in [-0.1, -0.05) is 6.07 Å². The van der Waals surface area contributed by atoms with Gasteiger partial charge in [-0.2, -0.15) is 13.2 Å². The molecule has 0 saturated carbocycles. The lowest BCUT2D eigenvalue weighted by atomic mass is 9.93. The van der Waals surface area contributed by atoms with Crippen molar-refractivity contribution < 1.29 is 22.6 Å². The zero-order chi connectivity index (χ0) is 18.7. The topological polar surface area (TPSA) is 43.7 Å². The van der Waals surface area contributed by atoms with E-state index in [1.807, 2.05) is 12.1 Å². The number of benzene rings is 1. The van der Waals surface area contributed by atoms with Crippen LogP contribution in [-0.2, 0) is 19.0 Å². The van der Waals surface area contributed by atoms with E-state index in [1.54, 1.807) is 14.2 Å². The molecule has 2 aromatic rings. The van der Waals surface area contributed by atoms with Crippen molar-refractivity contribution in [3.63, 3.8) is 0 Å². The third-order valence-corrected chi connectivity index (χ3v) is 4.37. The monoisotopic (exact) mass is 364 g/mol. The number of fused-ring (bicyclic) bond motifs is 1. The molecule has 0 fully saturated rings. The van der Waals surface area contributed by atoms with Crippen molar-refractivity contribution in [2.24, 2.45) is 4.99 Å². The largest absolute Gasteiger partial charge is 0.493 e. The number of nitrogens with zero attached hydrogens (tertiary/aromatic N) is 2. The van der Waals surface area contributed by atoms with Crippen LogP contribution in [0, 0.1) is 0 Å². The van der Waals surface area contributed by atoms with Crippen LogP contribution in [0.1, 0.15) is 28.8 Å². The summed E-state index contributed by atoms with van der Waals surface area (Å²) in [6.07, 6.45) is -1.13. The molecule has 0 bridgehead atoms. The Morgan fingerprint density at radius 2 is 1.77 bits per heavy atom. The summed E-state index contributed by atoms with van der Waals surface area (Å²) >= 11 is 0. The fourth-order valence-electron chi connectivity index (χ4n) is 3.01. The van der Waals surface area contributed by atoms with Gasteiger partial charge in [-0.05, 0) is 48.6 Å². The predicted octanol–water partition coefficient (Wildman–Crippen LogP) is 4.10. The van der Waals surface area contributed by atoms with Gasteiger partial charge in [-0.15, -0.1) is 0 Å². The second-order valence-electron chi connectivity index (χ2n) is 5.99. The highest BCUT2D eigenvalue weighted by Crippen LogP contribution is 2.33. The Morgan fingerprint density at radius 3 is 2.38 bits per heavy atom. The van der Waals surface area contributed by atoms with Gasteiger partial charge in [0, 0.05) is 24.0 Å². The van der Waals surface area contributed by atoms with E-state index >= 15 is 0 Å². The minimum Gasteiger partial charge on any atom is -0.493 e. The molecule has 0 spiro atoms. The van der Waals surface area contributed by atoms with E-state index in [0.29, 0.717) is 30.9 Å². The molecule has 1 aromatic carbocycles. The number of alkyl halides is 3. The number of aryl methyl sites for hydroxylation is 1. The number of rotatable bonds is 5. The summed E-state index contributed by atoms with van der Waals surface area (Å²) in [5.74, 6) is 1.32. The van der Waals surface area contributed by atoms with Gasteiger partial charge in [0.05, 0.1) is 14.2 Å². The van der Waals surface area contributed by atoms with E-state index in [1.165, 1.54) is 12.3 Å². The van der Waals surface area contributed by atoms with Crippen LogP contribution >= 0.6 is 0 Å². The van der Waals surface area contributed by atoms with Crippen LogP contribution in [0.3, 0.4) is 0 Å². The maximum atomic E-state index is 12.6. The van der Waals surface area contributed by atoms with Crippen LogP contribution < -0.4 is 9.47 Å². The molecule has 0 radical (unpaired) electrons. The first-order chi connectivity index (χ1) is 12.4. The van der Waals surface area contributed by atoms with E-state index in [9.17, 15) is 13.2 Å². The molecular formula is C19H19F3N2O2. The standard InChI is InChI=1S/C19H19F3N2O2/c1-25-16-9-13-7-8-23-15(14(13)10-17(16)26-2)5-3-12-4-6-18(24-11-12)19(20,21)22/h4,6,9-11H,3,5,7-8H2,1-2H3. The number of aliphatic imine (C=N–C) groups is 1. The van der Waals surface area contributed by atoms with Gasteiger partial charge in [0.15, 0.2) is 11.5 Å². The number of halogens is 3. The zero-order valence-electron chi connectivity index (χ0n) is 14.6. The Hall–Kier alpha value is -2.57. The summed E-state index contributed by atoms with van der Waals surface area (Å²) in [5.41, 5.74) is 2.94. The molecule has 0 saturated heterocycles. The molecule has 138 valence electrons. The predicted molar refractivity (Wildman–Crippen MR) is 92.2 cm³/mol.